The fourth-order valence-corrected chi connectivity index (χ4v) is 2.25. The van der Waals surface area contributed by atoms with Crippen LogP contribution in [0.3, 0.4) is 0 Å². The van der Waals surface area contributed by atoms with E-state index in [1.54, 1.807) is 0 Å². The Labute approximate surface area is 117 Å². The van der Waals surface area contributed by atoms with E-state index in [-0.39, 0.29) is 23.0 Å². The van der Waals surface area contributed by atoms with E-state index in [1.807, 2.05) is 0 Å². The minimum Gasteiger partial charge on any atom is -0.465 e. The van der Waals surface area contributed by atoms with Crippen molar-refractivity contribution in [1.82, 2.24) is 0 Å². The quantitative estimate of drug-likeness (QED) is 0.639. The Balaban J connectivity index is 2.00. The van der Waals surface area contributed by atoms with Crippen molar-refractivity contribution in [3.8, 4) is 0 Å². The summed E-state index contributed by atoms with van der Waals surface area (Å²) >= 11 is 0. The van der Waals surface area contributed by atoms with E-state index >= 15 is 0 Å². The van der Waals surface area contributed by atoms with Crippen LogP contribution in [0.15, 0.2) is 12.1 Å². The lowest BCUT2D eigenvalue weighted by molar-refractivity contribution is 0.0602. The van der Waals surface area contributed by atoms with Gasteiger partial charge in [0.15, 0.2) is 0 Å². The lowest BCUT2D eigenvalue weighted by atomic mass is 10.1. The predicted molar refractivity (Wildman–Crippen MR) is 74.2 cm³/mol. The third kappa shape index (κ3) is 3.39. The van der Waals surface area contributed by atoms with E-state index in [1.165, 1.54) is 13.2 Å². The number of halogens is 1. The second kappa shape index (κ2) is 6.56. The molecule has 1 aliphatic rings. The first-order valence-electron chi connectivity index (χ1n) is 6.64. The molecule has 1 fully saturated rings. The van der Waals surface area contributed by atoms with Crippen molar-refractivity contribution in [2.24, 2.45) is 0 Å². The SMILES string of the molecule is COC(=O)c1cc(NCCC2CCCO2)c(F)cc1N. The molecule has 1 atom stereocenters. The van der Waals surface area contributed by atoms with E-state index < -0.39 is 11.8 Å². The summed E-state index contributed by atoms with van der Waals surface area (Å²) in [4.78, 5) is 11.5. The summed E-state index contributed by atoms with van der Waals surface area (Å²) in [5.41, 5.74) is 6.08. The minimum atomic E-state index is -0.579. The molecule has 0 aliphatic carbocycles. The van der Waals surface area contributed by atoms with E-state index in [9.17, 15) is 9.18 Å². The highest BCUT2D eigenvalue weighted by molar-refractivity contribution is 5.96. The molecule has 1 aliphatic heterocycles. The molecular weight excluding hydrogens is 263 g/mol. The van der Waals surface area contributed by atoms with Crippen molar-refractivity contribution in [3.63, 3.8) is 0 Å². The second-order valence-electron chi connectivity index (χ2n) is 4.76. The molecule has 1 saturated heterocycles. The van der Waals surface area contributed by atoms with Crippen molar-refractivity contribution in [1.29, 1.82) is 0 Å². The monoisotopic (exact) mass is 282 g/mol. The number of hydrogen-bond donors (Lipinski definition) is 2. The topological polar surface area (TPSA) is 73.6 Å². The molecule has 110 valence electrons. The van der Waals surface area contributed by atoms with Crippen LogP contribution in [0.1, 0.15) is 29.6 Å². The van der Waals surface area contributed by atoms with Gasteiger partial charge in [0.05, 0.1) is 24.5 Å². The largest absolute Gasteiger partial charge is 0.465 e. The number of esters is 1. The number of benzene rings is 1. The highest BCUT2D eigenvalue weighted by Gasteiger charge is 2.17. The smallest absolute Gasteiger partial charge is 0.340 e. The predicted octanol–water partition coefficient (Wildman–Crippen LogP) is 2.18. The summed E-state index contributed by atoms with van der Waals surface area (Å²) in [6.45, 7) is 1.37. The van der Waals surface area contributed by atoms with Crippen LogP contribution in [-0.2, 0) is 9.47 Å². The van der Waals surface area contributed by atoms with Crippen LogP contribution in [0, 0.1) is 5.82 Å². The number of methoxy groups -OCH3 is 1. The molecule has 0 spiro atoms. The van der Waals surface area contributed by atoms with Crippen molar-refractivity contribution in [2.45, 2.75) is 25.4 Å². The molecule has 3 N–H and O–H groups in total. The first-order chi connectivity index (χ1) is 9.61. The highest BCUT2D eigenvalue weighted by atomic mass is 19.1. The Morgan fingerprint density at radius 3 is 3.05 bits per heavy atom. The molecule has 20 heavy (non-hydrogen) atoms. The zero-order chi connectivity index (χ0) is 14.5. The van der Waals surface area contributed by atoms with Crippen molar-refractivity contribution >= 4 is 17.3 Å². The first kappa shape index (κ1) is 14.6. The number of carbonyl (C=O) groups is 1. The van der Waals surface area contributed by atoms with Crippen molar-refractivity contribution in [2.75, 3.05) is 31.3 Å². The van der Waals surface area contributed by atoms with E-state index in [4.69, 9.17) is 10.5 Å². The number of nitrogens with one attached hydrogen (secondary N) is 1. The number of nitrogens with two attached hydrogens (primary N) is 1. The molecule has 0 saturated carbocycles. The van der Waals surface area contributed by atoms with Gasteiger partial charge < -0.3 is 20.5 Å². The third-order valence-electron chi connectivity index (χ3n) is 3.35. The molecule has 2 rings (SSSR count). The summed E-state index contributed by atoms with van der Waals surface area (Å²) in [7, 11) is 1.26. The maximum absolute atomic E-state index is 13.8. The standard InChI is InChI=1S/C14H19FN2O3/c1-19-14(18)10-7-13(11(15)8-12(10)16)17-5-4-9-3-2-6-20-9/h7-9,17H,2-6,16H2,1H3. The Morgan fingerprint density at radius 1 is 1.60 bits per heavy atom. The Bertz CT molecular complexity index is 488. The molecule has 1 unspecified atom stereocenters. The maximum Gasteiger partial charge on any atom is 0.340 e. The van der Waals surface area contributed by atoms with Crippen LogP contribution < -0.4 is 11.1 Å². The van der Waals surface area contributed by atoms with Gasteiger partial charge in [-0.1, -0.05) is 0 Å². The molecule has 0 aromatic heterocycles. The Hall–Kier alpha value is -1.82. The van der Waals surface area contributed by atoms with Gasteiger partial charge >= 0.3 is 5.97 Å². The van der Waals surface area contributed by atoms with Gasteiger partial charge in [0.25, 0.3) is 0 Å². The summed E-state index contributed by atoms with van der Waals surface area (Å²) in [6, 6.07) is 2.51. The summed E-state index contributed by atoms with van der Waals surface area (Å²) < 4.78 is 23.9. The van der Waals surface area contributed by atoms with Crippen LogP contribution in [0.25, 0.3) is 0 Å². The van der Waals surface area contributed by atoms with Gasteiger partial charge in [-0.2, -0.15) is 0 Å². The van der Waals surface area contributed by atoms with Crippen LogP contribution in [0.4, 0.5) is 15.8 Å². The molecule has 1 aromatic rings. The zero-order valence-corrected chi connectivity index (χ0v) is 11.4. The second-order valence-corrected chi connectivity index (χ2v) is 4.76. The lowest BCUT2D eigenvalue weighted by Crippen LogP contribution is -2.14. The molecule has 6 heteroatoms. The molecule has 5 nitrogen and oxygen atoms in total. The molecule has 1 heterocycles. The molecule has 1 aromatic carbocycles. The third-order valence-corrected chi connectivity index (χ3v) is 3.35. The minimum absolute atomic E-state index is 0.0685. The molecular formula is C14H19FN2O3. The van der Waals surface area contributed by atoms with Gasteiger partial charge in [0, 0.05) is 18.8 Å². The average molecular weight is 282 g/mol. The summed E-state index contributed by atoms with van der Waals surface area (Å²) in [5, 5.41) is 2.97. The molecule has 0 radical (unpaired) electrons. The van der Waals surface area contributed by atoms with Gasteiger partial charge in [-0.25, -0.2) is 9.18 Å². The van der Waals surface area contributed by atoms with Gasteiger partial charge in [-0.3, -0.25) is 0 Å². The van der Waals surface area contributed by atoms with Crippen LogP contribution in [-0.4, -0.2) is 32.3 Å². The first-order valence-corrected chi connectivity index (χ1v) is 6.64. The zero-order valence-electron chi connectivity index (χ0n) is 11.4. The van der Waals surface area contributed by atoms with E-state index in [0.29, 0.717) is 6.54 Å². The summed E-state index contributed by atoms with van der Waals surface area (Å²) in [6.07, 6.45) is 3.16. The fourth-order valence-electron chi connectivity index (χ4n) is 2.25. The molecule has 0 amide bonds. The lowest BCUT2D eigenvalue weighted by Gasteiger charge is -2.13. The summed E-state index contributed by atoms with van der Waals surface area (Å²) in [5.74, 6) is -1.06. The highest BCUT2D eigenvalue weighted by Crippen LogP contribution is 2.23. The number of rotatable bonds is 5. The van der Waals surface area contributed by atoms with Crippen LogP contribution in [0.5, 0.6) is 0 Å². The number of nitrogen functional groups attached to an aromatic ring is 1. The van der Waals surface area contributed by atoms with Crippen molar-refractivity contribution in [3.05, 3.63) is 23.5 Å². The van der Waals surface area contributed by atoms with E-state index in [0.717, 1.165) is 31.9 Å². The number of carbonyl (C=O) groups excluding carboxylic acids is 1. The Morgan fingerprint density at radius 2 is 2.40 bits per heavy atom. The van der Waals surface area contributed by atoms with Gasteiger partial charge in [-0.15, -0.1) is 0 Å². The number of hydrogen-bond acceptors (Lipinski definition) is 5. The van der Waals surface area contributed by atoms with Crippen LogP contribution >= 0.6 is 0 Å². The average Bonchev–Trinajstić information content (AvgIpc) is 2.93. The Kier molecular flexibility index (Phi) is 4.79. The van der Waals surface area contributed by atoms with Gasteiger partial charge in [-0.05, 0) is 31.4 Å². The van der Waals surface area contributed by atoms with Gasteiger partial charge in [0.1, 0.15) is 5.82 Å². The number of ether oxygens (including phenoxy) is 2. The normalized spacial score (nSPS) is 18.0. The van der Waals surface area contributed by atoms with Crippen LogP contribution in [0.2, 0.25) is 0 Å². The van der Waals surface area contributed by atoms with E-state index in [2.05, 4.69) is 10.1 Å². The fraction of sp³-hybridized carbons (Fsp3) is 0.500. The maximum atomic E-state index is 13.8. The van der Waals surface area contributed by atoms with Gasteiger partial charge in [0.2, 0.25) is 0 Å². The number of anilines is 2. The van der Waals surface area contributed by atoms with Crippen molar-refractivity contribution < 1.29 is 18.7 Å². The molecule has 0 bridgehead atoms.